The van der Waals surface area contributed by atoms with Crippen LogP contribution in [0.15, 0.2) is 48.5 Å². The van der Waals surface area contributed by atoms with Gasteiger partial charge in [0.1, 0.15) is 5.75 Å². The van der Waals surface area contributed by atoms with Crippen LogP contribution in [0.25, 0.3) is 0 Å². The number of rotatable bonds is 4. The number of anilines is 1. The van der Waals surface area contributed by atoms with Crippen LogP contribution in [0.4, 0.5) is 5.69 Å². The number of nitrogens with two attached hydrogens (primary N) is 1. The van der Waals surface area contributed by atoms with Crippen LogP contribution >= 0.6 is 0 Å². The molecule has 0 saturated heterocycles. The minimum absolute atomic E-state index is 0.105. The SMILES string of the molecule is COc1ccccc1C(C)N(C)C(=O)c1ccccc1N. The minimum Gasteiger partial charge on any atom is -0.496 e. The second-order valence-corrected chi connectivity index (χ2v) is 4.92. The van der Waals surface area contributed by atoms with Gasteiger partial charge in [0.15, 0.2) is 0 Å². The Hall–Kier alpha value is -2.49. The van der Waals surface area contributed by atoms with Gasteiger partial charge in [-0.1, -0.05) is 30.3 Å². The standard InChI is InChI=1S/C17H20N2O2/c1-12(13-8-5-7-11-16(13)21-3)19(2)17(20)14-9-4-6-10-15(14)18/h4-12H,18H2,1-3H3. The molecule has 1 atom stereocenters. The summed E-state index contributed by atoms with van der Waals surface area (Å²) in [6.45, 7) is 1.97. The third-order valence-corrected chi connectivity index (χ3v) is 3.68. The first-order chi connectivity index (χ1) is 10.1. The van der Waals surface area contributed by atoms with E-state index in [1.165, 1.54) is 0 Å². The number of benzene rings is 2. The molecular weight excluding hydrogens is 264 g/mol. The third kappa shape index (κ3) is 2.99. The van der Waals surface area contributed by atoms with E-state index in [4.69, 9.17) is 10.5 Å². The Bertz CT molecular complexity index is 640. The van der Waals surface area contributed by atoms with Crippen molar-refractivity contribution in [2.75, 3.05) is 19.9 Å². The topological polar surface area (TPSA) is 55.6 Å². The molecule has 2 rings (SSSR count). The van der Waals surface area contributed by atoms with E-state index in [1.54, 1.807) is 31.2 Å². The summed E-state index contributed by atoms with van der Waals surface area (Å²) in [6.07, 6.45) is 0. The third-order valence-electron chi connectivity index (χ3n) is 3.68. The number of nitrogens with zero attached hydrogens (tertiary/aromatic N) is 1. The number of hydrogen-bond acceptors (Lipinski definition) is 3. The molecule has 0 saturated carbocycles. The average Bonchev–Trinajstić information content (AvgIpc) is 2.53. The lowest BCUT2D eigenvalue weighted by Gasteiger charge is -2.27. The predicted octanol–water partition coefficient (Wildman–Crippen LogP) is 3.11. The first kappa shape index (κ1) is 14.9. The number of hydrogen-bond donors (Lipinski definition) is 1. The normalized spacial score (nSPS) is 11.8. The molecule has 4 nitrogen and oxygen atoms in total. The van der Waals surface area contributed by atoms with Crippen molar-refractivity contribution in [3.8, 4) is 5.75 Å². The maximum atomic E-state index is 12.6. The van der Waals surface area contributed by atoms with Crippen LogP contribution in [0.1, 0.15) is 28.9 Å². The number of para-hydroxylation sites is 2. The molecule has 0 aliphatic carbocycles. The minimum atomic E-state index is -0.117. The fourth-order valence-electron chi connectivity index (χ4n) is 2.28. The Morgan fingerprint density at radius 2 is 1.76 bits per heavy atom. The van der Waals surface area contributed by atoms with Crippen LogP contribution < -0.4 is 10.5 Å². The van der Waals surface area contributed by atoms with E-state index in [0.29, 0.717) is 11.3 Å². The maximum absolute atomic E-state index is 12.6. The molecule has 1 amide bonds. The lowest BCUT2D eigenvalue weighted by atomic mass is 10.0. The highest BCUT2D eigenvalue weighted by Crippen LogP contribution is 2.29. The smallest absolute Gasteiger partial charge is 0.256 e. The van der Waals surface area contributed by atoms with E-state index in [2.05, 4.69) is 0 Å². The highest BCUT2D eigenvalue weighted by atomic mass is 16.5. The van der Waals surface area contributed by atoms with Crippen LogP contribution in [0.2, 0.25) is 0 Å². The molecule has 0 aliphatic rings. The molecule has 4 heteroatoms. The van der Waals surface area contributed by atoms with Gasteiger partial charge in [-0.15, -0.1) is 0 Å². The Labute approximate surface area is 125 Å². The zero-order chi connectivity index (χ0) is 15.4. The molecule has 1 unspecified atom stereocenters. The summed E-state index contributed by atoms with van der Waals surface area (Å²) in [5.41, 5.74) is 7.85. The van der Waals surface area contributed by atoms with Crippen molar-refractivity contribution in [2.24, 2.45) is 0 Å². The van der Waals surface area contributed by atoms with E-state index in [-0.39, 0.29) is 11.9 Å². The van der Waals surface area contributed by atoms with Crippen LogP contribution in [0.5, 0.6) is 5.75 Å². The van der Waals surface area contributed by atoms with Crippen molar-refractivity contribution in [1.29, 1.82) is 0 Å². The van der Waals surface area contributed by atoms with Gasteiger partial charge in [0.05, 0.1) is 18.7 Å². The zero-order valence-electron chi connectivity index (χ0n) is 12.5. The summed E-state index contributed by atoms with van der Waals surface area (Å²) in [5.74, 6) is 0.664. The fourth-order valence-corrected chi connectivity index (χ4v) is 2.28. The molecule has 0 bridgehead atoms. The summed E-state index contributed by atoms with van der Waals surface area (Å²) < 4.78 is 5.36. The Balaban J connectivity index is 2.29. The van der Waals surface area contributed by atoms with E-state index in [1.807, 2.05) is 43.3 Å². The van der Waals surface area contributed by atoms with Gasteiger partial charge in [-0.05, 0) is 25.1 Å². The number of methoxy groups -OCH3 is 1. The van der Waals surface area contributed by atoms with Gasteiger partial charge in [-0.2, -0.15) is 0 Å². The van der Waals surface area contributed by atoms with Crippen LogP contribution in [-0.2, 0) is 0 Å². The van der Waals surface area contributed by atoms with Crippen molar-refractivity contribution < 1.29 is 9.53 Å². The fraction of sp³-hybridized carbons (Fsp3) is 0.235. The van der Waals surface area contributed by atoms with E-state index in [9.17, 15) is 4.79 Å². The van der Waals surface area contributed by atoms with Crippen LogP contribution in [0.3, 0.4) is 0 Å². The molecular formula is C17H20N2O2. The van der Waals surface area contributed by atoms with Gasteiger partial charge in [-0.3, -0.25) is 4.79 Å². The number of ether oxygens (including phenoxy) is 1. The maximum Gasteiger partial charge on any atom is 0.256 e. The van der Waals surface area contributed by atoms with Crippen molar-refractivity contribution in [3.05, 3.63) is 59.7 Å². The summed E-state index contributed by atoms with van der Waals surface area (Å²) in [7, 11) is 3.40. The summed E-state index contributed by atoms with van der Waals surface area (Å²) in [5, 5.41) is 0. The van der Waals surface area contributed by atoms with Crippen molar-refractivity contribution in [2.45, 2.75) is 13.0 Å². The van der Waals surface area contributed by atoms with Crippen LogP contribution in [-0.4, -0.2) is 25.0 Å². The molecule has 0 radical (unpaired) electrons. The first-order valence-corrected chi connectivity index (χ1v) is 6.80. The molecule has 2 N–H and O–H groups in total. The molecule has 21 heavy (non-hydrogen) atoms. The van der Waals surface area contributed by atoms with Gasteiger partial charge >= 0.3 is 0 Å². The molecule has 0 aromatic heterocycles. The Morgan fingerprint density at radius 1 is 1.14 bits per heavy atom. The van der Waals surface area contributed by atoms with Gasteiger partial charge in [0.25, 0.3) is 5.91 Å². The highest BCUT2D eigenvalue weighted by molar-refractivity contribution is 5.99. The predicted molar refractivity (Wildman–Crippen MR) is 84.4 cm³/mol. The zero-order valence-corrected chi connectivity index (χ0v) is 12.5. The lowest BCUT2D eigenvalue weighted by Crippen LogP contribution is -2.30. The first-order valence-electron chi connectivity index (χ1n) is 6.80. The summed E-state index contributed by atoms with van der Waals surface area (Å²) in [4.78, 5) is 14.3. The molecule has 110 valence electrons. The van der Waals surface area contributed by atoms with E-state index >= 15 is 0 Å². The Kier molecular flexibility index (Phi) is 4.48. The molecule has 0 fully saturated rings. The van der Waals surface area contributed by atoms with E-state index in [0.717, 1.165) is 11.3 Å². The molecule has 0 heterocycles. The lowest BCUT2D eigenvalue weighted by molar-refractivity contribution is 0.0742. The quantitative estimate of drug-likeness (QED) is 0.878. The van der Waals surface area contributed by atoms with Gasteiger partial charge in [0, 0.05) is 18.3 Å². The number of carbonyl (C=O) groups is 1. The van der Waals surface area contributed by atoms with Gasteiger partial charge in [0.2, 0.25) is 0 Å². The second-order valence-electron chi connectivity index (χ2n) is 4.92. The van der Waals surface area contributed by atoms with Crippen molar-refractivity contribution in [1.82, 2.24) is 4.90 Å². The molecule has 0 spiro atoms. The molecule has 2 aromatic rings. The van der Waals surface area contributed by atoms with Crippen molar-refractivity contribution in [3.63, 3.8) is 0 Å². The number of nitrogen functional groups attached to an aromatic ring is 1. The molecule has 0 aliphatic heterocycles. The van der Waals surface area contributed by atoms with Crippen molar-refractivity contribution >= 4 is 11.6 Å². The largest absolute Gasteiger partial charge is 0.496 e. The van der Waals surface area contributed by atoms with Crippen LogP contribution in [0, 0.1) is 0 Å². The average molecular weight is 284 g/mol. The van der Waals surface area contributed by atoms with Gasteiger partial charge < -0.3 is 15.4 Å². The molecule has 2 aromatic carbocycles. The highest BCUT2D eigenvalue weighted by Gasteiger charge is 2.22. The number of amides is 1. The summed E-state index contributed by atoms with van der Waals surface area (Å²) in [6, 6.07) is 14.7. The van der Waals surface area contributed by atoms with Gasteiger partial charge in [-0.25, -0.2) is 0 Å². The Morgan fingerprint density at radius 3 is 2.43 bits per heavy atom. The monoisotopic (exact) mass is 284 g/mol. The number of carbonyl (C=O) groups excluding carboxylic acids is 1. The van der Waals surface area contributed by atoms with E-state index < -0.39 is 0 Å². The summed E-state index contributed by atoms with van der Waals surface area (Å²) >= 11 is 0. The second kappa shape index (κ2) is 6.31.